The maximum atomic E-state index is 10.0. The van der Waals surface area contributed by atoms with Gasteiger partial charge >= 0.3 is 0 Å². The zero-order chi connectivity index (χ0) is 10.2. The van der Waals surface area contributed by atoms with Crippen LogP contribution in [0, 0.1) is 0 Å². The summed E-state index contributed by atoms with van der Waals surface area (Å²) in [6.45, 7) is 1.74. The van der Waals surface area contributed by atoms with Gasteiger partial charge in [-0.25, -0.2) is 0 Å². The van der Waals surface area contributed by atoms with Crippen LogP contribution in [0.15, 0.2) is 36.4 Å². The van der Waals surface area contributed by atoms with Crippen molar-refractivity contribution in [3.8, 4) is 0 Å². The lowest BCUT2D eigenvalue weighted by atomic mass is 9.92. The molecule has 0 saturated heterocycles. The van der Waals surface area contributed by atoms with Crippen LogP contribution in [0.4, 0.5) is 0 Å². The van der Waals surface area contributed by atoms with E-state index in [4.69, 9.17) is 0 Å². The third-order valence-electron chi connectivity index (χ3n) is 2.63. The molecule has 2 atom stereocenters. The number of benzene rings is 1. The molecule has 74 valence electrons. The summed E-state index contributed by atoms with van der Waals surface area (Å²) in [5.74, 6) is 0. The van der Waals surface area contributed by atoms with Crippen molar-refractivity contribution < 1.29 is 10.2 Å². The van der Waals surface area contributed by atoms with Crippen LogP contribution in [0.5, 0.6) is 0 Å². The first-order chi connectivity index (χ1) is 6.59. The van der Waals surface area contributed by atoms with Crippen molar-refractivity contribution in [3.05, 3.63) is 42.0 Å². The van der Waals surface area contributed by atoms with Crippen LogP contribution in [0.3, 0.4) is 0 Å². The van der Waals surface area contributed by atoms with E-state index in [0.29, 0.717) is 6.42 Å². The van der Waals surface area contributed by atoms with Crippen LogP contribution in [-0.4, -0.2) is 21.9 Å². The van der Waals surface area contributed by atoms with Gasteiger partial charge in [0.15, 0.2) is 0 Å². The van der Waals surface area contributed by atoms with Gasteiger partial charge < -0.3 is 10.2 Å². The number of hydrogen-bond acceptors (Lipinski definition) is 2. The van der Waals surface area contributed by atoms with Crippen molar-refractivity contribution in [2.75, 3.05) is 0 Å². The fraction of sp³-hybridized carbons (Fsp3) is 0.333. The molecule has 0 heterocycles. The van der Waals surface area contributed by atoms with Crippen LogP contribution < -0.4 is 0 Å². The van der Waals surface area contributed by atoms with Gasteiger partial charge in [0.25, 0.3) is 0 Å². The molecule has 1 aliphatic rings. The minimum Gasteiger partial charge on any atom is -0.389 e. The highest BCUT2D eigenvalue weighted by atomic mass is 16.3. The highest BCUT2D eigenvalue weighted by Gasteiger charge is 2.35. The third-order valence-corrected chi connectivity index (χ3v) is 2.63. The number of aliphatic hydroxyl groups excluding tert-OH is 1. The van der Waals surface area contributed by atoms with Gasteiger partial charge in [0, 0.05) is 6.42 Å². The predicted octanol–water partition coefficient (Wildman–Crippen LogP) is 1.59. The largest absolute Gasteiger partial charge is 0.389 e. The van der Waals surface area contributed by atoms with Crippen molar-refractivity contribution in [3.63, 3.8) is 0 Å². The van der Waals surface area contributed by atoms with Gasteiger partial charge in [0.1, 0.15) is 0 Å². The van der Waals surface area contributed by atoms with E-state index in [2.05, 4.69) is 0 Å². The molecule has 0 aromatic heterocycles. The molecule has 0 unspecified atom stereocenters. The van der Waals surface area contributed by atoms with Crippen molar-refractivity contribution in [1.82, 2.24) is 0 Å². The normalized spacial score (nSPS) is 31.6. The van der Waals surface area contributed by atoms with Crippen LogP contribution in [0.1, 0.15) is 18.9 Å². The van der Waals surface area contributed by atoms with Gasteiger partial charge in [0.2, 0.25) is 0 Å². The molecule has 0 radical (unpaired) electrons. The Balaban J connectivity index is 2.40. The zero-order valence-corrected chi connectivity index (χ0v) is 8.14. The smallest absolute Gasteiger partial charge is 0.0899 e. The Kier molecular flexibility index (Phi) is 2.17. The third kappa shape index (κ3) is 1.59. The molecule has 14 heavy (non-hydrogen) atoms. The summed E-state index contributed by atoms with van der Waals surface area (Å²) in [6.07, 6.45) is 1.59. The van der Waals surface area contributed by atoms with E-state index in [1.165, 1.54) is 0 Å². The van der Waals surface area contributed by atoms with Gasteiger partial charge in [-0.3, -0.25) is 0 Å². The molecular weight excluding hydrogens is 176 g/mol. The van der Waals surface area contributed by atoms with Gasteiger partial charge in [-0.2, -0.15) is 0 Å². The molecule has 0 amide bonds. The summed E-state index contributed by atoms with van der Waals surface area (Å²) in [5.41, 5.74) is 0.903. The van der Waals surface area contributed by atoms with Crippen LogP contribution in [0.25, 0.3) is 5.57 Å². The van der Waals surface area contributed by atoms with Gasteiger partial charge in [-0.15, -0.1) is 0 Å². The van der Waals surface area contributed by atoms with E-state index in [9.17, 15) is 10.2 Å². The fourth-order valence-corrected chi connectivity index (χ4v) is 1.97. The summed E-state index contributed by atoms with van der Waals surface area (Å²) < 4.78 is 0. The molecule has 2 rings (SSSR count). The summed E-state index contributed by atoms with van der Waals surface area (Å²) >= 11 is 0. The molecular formula is C12H14O2. The molecule has 0 aliphatic heterocycles. The summed E-state index contributed by atoms with van der Waals surface area (Å²) in [7, 11) is 0. The standard InChI is InChI=1S/C12H14O2/c1-12(14)8-10(13)7-11(12)9-5-3-2-4-6-9/h2-7,10,13-14H,8H2,1H3/t10-,12-/m1/s1. The topological polar surface area (TPSA) is 40.5 Å². The monoisotopic (exact) mass is 190 g/mol. The number of hydrogen-bond donors (Lipinski definition) is 2. The Morgan fingerprint density at radius 1 is 1.29 bits per heavy atom. The van der Waals surface area contributed by atoms with Crippen molar-refractivity contribution in [2.45, 2.75) is 25.0 Å². The molecule has 0 saturated carbocycles. The summed E-state index contributed by atoms with van der Waals surface area (Å²) in [5, 5.41) is 19.5. The van der Waals surface area contributed by atoms with E-state index in [1.807, 2.05) is 30.3 Å². The summed E-state index contributed by atoms with van der Waals surface area (Å²) in [6, 6.07) is 9.68. The first-order valence-corrected chi connectivity index (χ1v) is 4.78. The van der Waals surface area contributed by atoms with Crippen molar-refractivity contribution >= 4 is 5.57 Å². The van der Waals surface area contributed by atoms with Crippen LogP contribution in [-0.2, 0) is 0 Å². The Morgan fingerprint density at radius 2 is 1.93 bits per heavy atom. The minimum atomic E-state index is -0.902. The second kappa shape index (κ2) is 3.23. The Labute approximate surface area is 83.5 Å². The van der Waals surface area contributed by atoms with Crippen LogP contribution in [0.2, 0.25) is 0 Å². The molecule has 2 nitrogen and oxygen atoms in total. The maximum Gasteiger partial charge on any atom is 0.0899 e. The van der Waals surface area contributed by atoms with E-state index < -0.39 is 11.7 Å². The first-order valence-electron chi connectivity index (χ1n) is 4.78. The molecule has 0 bridgehead atoms. The molecule has 0 fully saturated rings. The molecule has 1 aromatic rings. The van der Waals surface area contributed by atoms with Gasteiger partial charge in [0.05, 0.1) is 11.7 Å². The second-order valence-corrected chi connectivity index (χ2v) is 3.99. The second-order valence-electron chi connectivity index (χ2n) is 3.99. The zero-order valence-electron chi connectivity index (χ0n) is 8.14. The average Bonchev–Trinajstić information content (AvgIpc) is 2.41. The fourth-order valence-electron chi connectivity index (χ4n) is 1.97. The van der Waals surface area contributed by atoms with E-state index in [1.54, 1.807) is 13.0 Å². The molecule has 2 heteroatoms. The number of aliphatic hydroxyl groups is 2. The SMILES string of the molecule is C[C@@]1(O)C[C@H](O)C=C1c1ccccc1. The highest BCUT2D eigenvalue weighted by molar-refractivity contribution is 5.74. The van der Waals surface area contributed by atoms with Gasteiger partial charge in [-0.1, -0.05) is 30.3 Å². The molecule has 1 aromatic carbocycles. The highest BCUT2D eigenvalue weighted by Crippen LogP contribution is 2.36. The molecule has 2 N–H and O–H groups in total. The predicted molar refractivity (Wildman–Crippen MR) is 55.7 cm³/mol. The summed E-state index contributed by atoms with van der Waals surface area (Å²) in [4.78, 5) is 0. The van der Waals surface area contributed by atoms with Crippen molar-refractivity contribution in [1.29, 1.82) is 0 Å². The average molecular weight is 190 g/mol. The Hall–Kier alpha value is -1.12. The Bertz CT molecular complexity index is 352. The minimum absolute atomic E-state index is 0.386. The van der Waals surface area contributed by atoms with E-state index >= 15 is 0 Å². The maximum absolute atomic E-state index is 10.0. The van der Waals surface area contributed by atoms with E-state index in [0.717, 1.165) is 11.1 Å². The quantitative estimate of drug-likeness (QED) is 0.706. The molecule has 1 aliphatic carbocycles. The lowest BCUT2D eigenvalue weighted by Crippen LogP contribution is -2.24. The molecule has 0 spiro atoms. The Morgan fingerprint density at radius 3 is 2.43 bits per heavy atom. The van der Waals surface area contributed by atoms with Crippen LogP contribution >= 0.6 is 0 Å². The number of rotatable bonds is 1. The van der Waals surface area contributed by atoms with Gasteiger partial charge in [-0.05, 0) is 24.1 Å². The van der Waals surface area contributed by atoms with E-state index in [-0.39, 0.29) is 0 Å². The lowest BCUT2D eigenvalue weighted by molar-refractivity contribution is 0.0809. The van der Waals surface area contributed by atoms with Crippen molar-refractivity contribution in [2.24, 2.45) is 0 Å². The lowest BCUT2D eigenvalue weighted by Gasteiger charge is -2.21. The first kappa shape index (κ1) is 9.44.